The zero-order valence-corrected chi connectivity index (χ0v) is 15.6. The number of carbonyl (C=O) groups is 2. The summed E-state index contributed by atoms with van der Waals surface area (Å²) in [4.78, 5) is 23.6. The molecule has 2 aliphatic carbocycles. The summed E-state index contributed by atoms with van der Waals surface area (Å²) in [5, 5.41) is 8.63. The monoisotopic (exact) mass is 359 g/mol. The summed E-state index contributed by atoms with van der Waals surface area (Å²) in [5.41, 5.74) is 0.702. The van der Waals surface area contributed by atoms with E-state index in [9.17, 15) is 9.59 Å². The van der Waals surface area contributed by atoms with Gasteiger partial charge < -0.3 is 20.7 Å². The smallest absolute Gasteiger partial charge is 0.319 e. The van der Waals surface area contributed by atoms with Crippen LogP contribution in [0.3, 0.4) is 0 Å². The highest BCUT2D eigenvalue weighted by molar-refractivity contribution is 5.89. The third-order valence-electron chi connectivity index (χ3n) is 5.65. The highest BCUT2D eigenvalue weighted by atomic mass is 16.5. The summed E-state index contributed by atoms with van der Waals surface area (Å²) >= 11 is 0. The summed E-state index contributed by atoms with van der Waals surface area (Å²) < 4.78 is 5.40. The number of rotatable bonds is 7. The SMILES string of the molecule is CCNC(=O)COc1ccc(NC(=O)N[C@@H](C)[C@@H]2C[C@H]3CC[C@H]2C3)cc1. The number of anilines is 1. The Labute approximate surface area is 155 Å². The van der Waals surface area contributed by atoms with Gasteiger partial charge in [0.2, 0.25) is 0 Å². The largest absolute Gasteiger partial charge is 0.484 e. The van der Waals surface area contributed by atoms with Crippen LogP contribution >= 0.6 is 0 Å². The van der Waals surface area contributed by atoms with Gasteiger partial charge in [0.05, 0.1) is 0 Å². The second-order valence-corrected chi connectivity index (χ2v) is 7.49. The van der Waals surface area contributed by atoms with E-state index in [1.54, 1.807) is 24.3 Å². The number of benzene rings is 1. The Balaban J connectivity index is 1.43. The molecule has 0 spiro atoms. The van der Waals surface area contributed by atoms with Crippen molar-refractivity contribution in [2.45, 2.75) is 45.6 Å². The Kier molecular flexibility index (Phi) is 6.01. The van der Waals surface area contributed by atoms with Crippen LogP contribution in [-0.4, -0.2) is 31.1 Å². The van der Waals surface area contributed by atoms with E-state index in [2.05, 4.69) is 22.9 Å². The van der Waals surface area contributed by atoms with Gasteiger partial charge in [-0.2, -0.15) is 0 Å². The molecule has 3 N–H and O–H groups in total. The zero-order chi connectivity index (χ0) is 18.5. The van der Waals surface area contributed by atoms with Gasteiger partial charge in [-0.05, 0) is 75.1 Å². The van der Waals surface area contributed by atoms with Crippen LogP contribution in [0.15, 0.2) is 24.3 Å². The van der Waals surface area contributed by atoms with Crippen molar-refractivity contribution in [3.8, 4) is 5.75 Å². The molecular formula is C20H29N3O3. The first-order chi connectivity index (χ1) is 12.5. The molecular weight excluding hydrogens is 330 g/mol. The zero-order valence-electron chi connectivity index (χ0n) is 15.6. The Morgan fingerprint density at radius 3 is 2.58 bits per heavy atom. The van der Waals surface area contributed by atoms with Gasteiger partial charge in [-0.3, -0.25) is 4.79 Å². The van der Waals surface area contributed by atoms with Gasteiger partial charge in [0.1, 0.15) is 5.75 Å². The molecule has 6 heteroatoms. The van der Waals surface area contributed by atoms with Crippen LogP contribution in [-0.2, 0) is 4.79 Å². The molecule has 142 valence electrons. The molecule has 1 aromatic rings. The van der Waals surface area contributed by atoms with Crippen molar-refractivity contribution in [3.05, 3.63) is 24.3 Å². The lowest BCUT2D eigenvalue weighted by Crippen LogP contribution is -2.42. The fraction of sp³-hybridized carbons (Fsp3) is 0.600. The Hall–Kier alpha value is -2.24. The molecule has 6 nitrogen and oxygen atoms in total. The predicted octanol–water partition coefficient (Wildman–Crippen LogP) is 3.15. The normalized spacial score (nSPS) is 24.8. The number of hydrogen-bond acceptors (Lipinski definition) is 3. The van der Waals surface area contributed by atoms with Crippen LogP contribution in [0, 0.1) is 17.8 Å². The highest BCUT2D eigenvalue weighted by Crippen LogP contribution is 2.49. The number of urea groups is 1. The number of nitrogens with one attached hydrogen (secondary N) is 3. The average Bonchev–Trinajstić information content (AvgIpc) is 3.24. The lowest BCUT2D eigenvalue weighted by atomic mass is 9.84. The number of amides is 3. The highest BCUT2D eigenvalue weighted by Gasteiger charge is 2.42. The van der Waals surface area contributed by atoms with E-state index in [1.165, 1.54) is 25.7 Å². The van der Waals surface area contributed by atoms with Crippen LogP contribution in [0.4, 0.5) is 10.5 Å². The predicted molar refractivity (Wildman–Crippen MR) is 101 cm³/mol. The summed E-state index contributed by atoms with van der Waals surface area (Å²) in [6.07, 6.45) is 5.29. The number of ether oxygens (including phenoxy) is 1. The minimum absolute atomic E-state index is 0.0117. The van der Waals surface area contributed by atoms with E-state index in [0.717, 1.165) is 11.8 Å². The maximum absolute atomic E-state index is 12.3. The second kappa shape index (κ2) is 8.43. The summed E-state index contributed by atoms with van der Waals surface area (Å²) in [5.74, 6) is 2.73. The van der Waals surface area contributed by atoms with Gasteiger partial charge >= 0.3 is 6.03 Å². The van der Waals surface area contributed by atoms with Crippen molar-refractivity contribution in [2.75, 3.05) is 18.5 Å². The molecule has 2 bridgehead atoms. The fourth-order valence-corrected chi connectivity index (χ4v) is 4.42. The van der Waals surface area contributed by atoms with Crippen molar-refractivity contribution >= 4 is 17.6 Å². The lowest BCUT2D eigenvalue weighted by Gasteiger charge is -2.28. The number of hydrogen-bond donors (Lipinski definition) is 3. The molecule has 3 amide bonds. The van der Waals surface area contributed by atoms with E-state index in [4.69, 9.17) is 4.74 Å². The first-order valence-corrected chi connectivity index (χ1v) is 9.62. The van der Waals surface area contributed by atoms with Crippen molar-refractivity contribution in [3.63, 3.8) is 0 Å². The van der Waals surface area contributed by atoms with Gasteiger partial charge in [-0.1, -0.05) is 6.42 Å². The molecule has 2 fully saturated rings. The summed E-state index contributed by atoms with van der Waals surface area (Å²) in [7, 11) is 0. The maximum atomic E-state index is 12.3. The quantitative estimate of drug-likeness (QED) is 0.700. The molecule has 0 saturated heterocycles. The standard InChI is InChI=1S/C20H29N3O3/c1-3-21-19(24)12-26-17-8-6-16(7-9-17)23-20(25)22-13(2)18-11-14-4-5-15(18)10-14/h6-9,13-15,18H,3-5,10-12H2,1-2H3,(H,21,24)(H2,22,23,25)/t13-,14-,15-,18-/m0/s1. The molecule has 2 saturated carbocycles. The van der Waals surface area contributed by atoms with Crippen molar-refractivity contribution in [1.29, 1.82) is 0 Å². The first kappa shape index (κ1) is 18.5. The molecule has 4 atom stereocenters. The molecule has 0 aliphatic heterocycles. The van der Waals surface area contributed by atoms with Gasteiger partial charge in [0, 0.05) is 18.3 Å². The molecule has 1 aromatic carbocycles. The van der Waals surface area contributed by atoms with Gasteiger partial charge in [-0.25, -0.2) is 4.79 Å². The Bertz CT molecular complexity index is 632. The van der Waals surface area contributed by atoms with Gasteiger partial charge in [-0.15, -0.1) is 0 Å². The lowest BCUT2D eigenvalue weighted by molar-refractivity contribution is -0.122. The third kappa shape index (κ3) is 4.68. The molecule has 0 radical (unpaired) electrons. The van der Waals surface area contributed by atoms with E-state index in [0.29, 0.717) is 23.9 Å². The van der Waals surface area contributed by atoms with Crippen LogP contribution < -0.4 is 20.7 Å². The van der Waals surface area contributed by atoms with Crippen LogP contribution in [0.2, 0.25) is 0 Å². The Morgan fingerprint density at radius 2 is 1.96 bits per heavy atom. The van der Waals surface area contributed by atoms with Gasteiger partial charge in [0.25, 0.3) is 5.91 Å². The summed E-state index contributed by atoms with van der Waals surface area (Å²) in [6, 6.07) is 7.06. The summed E-state index contributed by atoms with van der Waals surface area (Å²) in [6.45, 7) is 4.55. The molecule has 2 aliphatic rings. The maximum Gasteiger partial charge on any atom is 0.319 e. The number of likely N-dealkylation sites (N-methyl/N-ethyl adjacent to an activating group) is 1. The third-order valence-corrected chi connectivity index (χ3v) is 5.65. The van der Waals surface area contributed by atoms with E-state index in [1.807, 2.05) is 6.92 Å². The average molecular weight is 359 g/mol. The minimum atomic E-state index is -0.170. The van der Waals surface area contributed by atoms with Crippen LogP contribution in [0.25, 0.3) is 0 Å². The van der Waals surface area contributed by atoms with Gasteiger partial charge in [0.15, 0.2) is 6.61 Å². The van der Waals surface area contributed by atoms with E-state index < -0.39 is 0 Å². The Morgan fingerprint density at radius 1 is 1.19 bits per heavy atom. The van der Waals surface area contributed by atoms with Crippen LogP contribution in [0.5, 0.6) is 5.75 Å². The molecule has 26 heavy (non-hydrogen) atoms. The van der Waals surface area contributed by atoms with E-state index >= 15 is 0 Å². The fourth-order valence-electron chi connectivity index (χ4n) is 4.42. The van der Waals surface area contributed by atoms with Crippen molar-refractivity contribution < 1.29 is 14.3 Å². The topological polar surface area (TPSA) is 79.5 Å². The van der Waals surface area contributed by atoms with E-state index in [-0.39, 0.29) is 24.6 Å². The molecule has 0 heterocycles. The minimum Gasteiger partial charge on any atom is -0.484 e. The number of carbonyl (C=O) groups excluding carboxylic acids is 2. The molecule has 0 unspecified atom stereocenters. The van der Waals surface area contributed by atoms with Crippen LogP contribution in [0.1, 0.15) is 39.5 Å². The molecule has 0 aromatic heterocycles. The van der Waals surface area contributed by atoms with Crippen molar-refractivity contribution in [1.82, 2.24) is 10.6 Å². The van der Waals surface area contributed by atoms with Crippen molar-refractivity contribution in [2.24, 2.45) is 17.8 Å². The first-order valence-electron chi connectivity index (χ1n) is 9.62. The second-order valence-electron chi connectivity index (χ2n) is 7.49. The molecule has 3 rings (SSSR count). The number of fused-ring (bicyclic) bond motifs is 2.